The van der Waals surface area contributed by atoms with Gasteiger partial charge in [0.25, 0.3) is 0 Å². The normalized spacial score (nSPS) is 10.7. The minimum absolute atomic E-state index is 0.0317. The maximum atomic E-state index is 10.6. The van der Waals surface area contributed by atoms with Crippen molar-refractivity contribution in [3.05, 3.63) is 48.5 Å². The summed E-state index contributed by atoms with van der Waals surface area (Å²) in [6, 6.07) is 9.88. The highest BCUT2D eigenvalue weighted by molar-refractivity contribution is 5.85. The van der Waals surface area contributed by atoms with Crippen molar-refractivity contribution in [3.8, 4) is 11.1 Å². The Morgan fingerprint density at radius 2 is 1.72 bits per heavy atom. The summed E-state index contributed by atoms with van der Waals surface area (Å²) in [7, 11) is 0. The Bertz CT molecular complexity index is 745. The van der Waals surface area contributed by atoms with Crippen LogP contribution in [0.3, 0.4) is 0 Å². The molecular weight excluding hydrogens is 228 g/mol. The van der Waals surface area contributed by atoms with Gasteiger partial charge in [0.2, 0.25) is 12.2 Å². The second kappa shape index (κ2) is 5.51. The lowest BCUT2D eigenvalue weighted by atomic mass is 10.0. The van der Waals surface area contributed by atoms with E-state index in [2.05, 4.69) is 9.98 Å². The van der Waals surface area contributed by atoms with E-state index < -0.39 is 0 Å². The Balaban J connectivity index is 2.75. The molecule has 0 atom stereocenters. The van der Waals surface area contributed by atoms with Crippen molar-refractivity contribution in [1.29, 1.82) is 0 Å². The van der Waals surface area contributed by atoms with Gasteiger partial charge in [0, 0.05) is 5.56 Å². The van der Waals surface area contributed by atoms with Crippen LogP contribution < -0.4 is 0 Å². The van der Waals surface area contributed by atoms with Crippen LogP contribution in [-0.2, 0) is 9.59 Å². The van der Waals surface area contributed by atoms with Crippen molar-refractivity contribution in [1.82, 2.24) is 0 Å². The molecule has 0 unspecified atom stereocenters. The number of carbonyl (C=O) groups excluding carboxylic acids is 2. The lowest BCUT2D eigenvalue weighted by molar-refractivity contribution is 0.564. The average Bonchev–Trinajstić information content (AvgIpc) is 2.44. The molecule has 4 nitrogen and oxygen atoms in total. The molecule has 0 saturated carbocycles. The predicted octanol–water partition coefficient (Wildman–Crippen LogP) is 3.29. The van der Waals surface area contributed by atoms with E-state index in [1.807, 2.05) is 0 Å². The van der Waals surface area contributed by atoms with E-state index in [-0.39, 0.29) is 17.4 Å². The van der Waals surface area contributed by atoms with Crippen LogP contribution >= 0.6 is 0 Å². The molecule has 0 radical (unpaired) electrons. The van der Waals surface area contributed by atoms with Crippen molar-refractivity contribution in [3.63, 3.8) is 0 Å². The number of hydrogen-bond acceptors (Lipinski definition) is 4. The topological polar surface area (TPSA) is 58.9 Å². The lowest BCUT2D eigenvalue weighted by Gasteiger charge is -2.06. The fourth-order valence-corrected chi connectivity index (χ4v) is 1.57. The van der Waals surface area contributed by atoms with Gasteiger partial charge in [-0.3, -0.25) is 0 Å². The summed E-state index contributed by atoms with van der Waals surface area (Å²) >= 11 is 0. The minimum atomic E-state index is -0.0387. The van der Waals surface area contributed by atoms with Crippen LogP contribution in [0.4, 0.5) is 11.4 Å². The molecule has 0 fully saturated rings. The van der Waals surface area contributed by atoms with Gasteiger partial charge in [0.05, 0.1) is 2.74 Å². The van der Waals surface area contributed by atoms with E-state index in [1.165, 1.54) is 18.2 Å². The molecule has 0 aromatic heterocycles. The van der Waals surface area contributed by atoms with Gasteiger partial charge >= 0.3 is 0 Å². The highest BCUT2D eigenvalue weighted by Crippen LogP contribution is 2.37. The number of rotatable bonds is 3. The predicted molar refractivity (Wildman–Crippen MR) is 67.4 cm³/mol. The van der Waals surface area contributed by atoms with Gasteiger partial charge in [-0.05, 0) is 11.6 Å². The molecule has 18 heavy (non-hydrogen) atoms. The maximum absolute atomic E-state index is 10.6. The van der Waals surface area contributed by atoms with E-state index in [0.717, 1.165) is 0 Å². The molecule has 0 N–H and O–H groups in total. The second-order valence-electron chi connectivity index (χ2n) is 3.28. The van der Waals surface area contributed by atoms with Crippen molar-refractivity contribution >= 4 is 23.5 Å². The first-order valence-corrected chi connectivity index (χ1v) is 5.03. The number of hydrogen-bond donors (Lipinski definition) is 0. The highest BCUT2D eigenvalue weighted by Gasteiger charge is 2.08. The molecular formula is C14H8N2O2. The third-order valence-electron chi connectivity index (χ3n) is 2.29. The quantitative estimate of drug-likeness (QED) is 0.608. The van der Waals surface area contributed by atoms with Crippen LogP contribution in [-0.4, -0.2) is 12.2 Å². The molecule has 0 aliphatic carbocycles. The van der Waals surface area contributed by atoms with Crippen molar-refractivity contribution in [2.75, 3.05) is 0 Å². The second-order valence-corrected chi connectivity index (χ2v) is 3.28. The van der Waals surface area contributed by atoms with Crippen LogP contribution in [0.15, 0.2) is 58.5 Å². The van der Waals surface area contributed by atoms with E-state index in [4.69, 9.17) is 2.74 Å². The molecule has 0 amide bonds. The monoisotopic (exact) mass is 238 g/mol. The Morgan fingerprint density at radius 1 is 1.00 bits per heavy atom. The van der Waals surface area contributed by atoms with Gasteiger partial charge in [-0.15, -0.1) is 0 Å². The zero-order valence-electron chi connectivity index (χ0n) is 11.2. The molecule has 86 valence electrons. The lowest BCUT2D eigenvalue weighted by Crippen LogP contribution is -1.79. The zero-order chi connectivity index (χ0) is 14.5. The third-order valence-corrected chi connectivity index (χ3v) is 2.29. The minimum Gasteiger partial charge on any atom is -0.211 e. The van der Waals surface area contributed by atoms with Crippen molar-refractivity contribution < 1.29 is 12.3 Å². The van der Waals surface area contributed by atoms with E-state index in [0.29, 0.717) is 17.2 Å². The smallest absolute Gasteiger partial charge is 0.211 e. The zero-order valence-corrected chi connectivity index (χ0v) is 9.18. The van der Waals surface area contributed by atoms with Crippen LogP contribution in [0.25, 0.3) is 11.1 Å². The first-order chi connectivity index (χ1) is 9.67. The van der Waals surface area contributed by atoms with Crippen LogP contribution in [0.5, 0.6) is 0 Å². The van der Waals surface area contributed by atoms with Crippen LogP contribution in [0.1, 0.15) is 2.74 Å². The van der Waals surface area contributed by atoms with E-state index in [9.17, 15) is 9.59 Å². The van der Waals surface area contributed by atoms with Gasteiger partial charge in [-0.2, -0.15) is 9.98 Å². The van der Waals surface area contributed by atoms with Gasteiger partial charge in [-0.1, -0.05) is 42.4 Å². The Labute approximate surface area is 106 Å². The first kappa shape index (κ1) is 9.25. The number of isocyanates is 2. The van der Waals surface area contributed by atoms with Crippen molar-refractivity contribution in [2.45, 2.75) is 0 Å². The number of aliphatic imine (C=N–C) groups is 2. The summed E-state index contributed by atoms with van der Waals surface area (Å²) in [6.07, 6.45) is 2.74. The molecule has 4 heteroatoms. The largest absolute Gasteiger partial charge is 0.240 e. The van der Waals surface area contributed by atoms with Crippen molar-refractivity contribution in [2.24, 2.45) is 9.98 Å². The standard InChI is InChI=1S/C14H8N2O2/c17-9-15-13-8-4-7-12(14(13)16-10-18)11-5-2-1-3-6-11/h1-8H/i1D,8D. The van der Waals surface area contributed by atoms with Gasteiger partial charge < -0.3 is 0 Å². The van der Waals surface area contributed by atoms with Crippen LogP contribution in [0, 0.1) is 0 Å². The van der Waals surface area contributed by atoms with E-state index >= 15 is 0 Å². The summed E-state index contributed by atoms with van der Waals surface area (Å²) in [6.45, 7) is 0. The van der Waals surface area contributed by atoms with Crippen LogP contribution in [0.2, 0.25) is 0 Å². The Morgan fingerprint density at radius 3 is 2.39 bits per heavy atom. The molecule has 0 bridgehead atoms. The molecule has 0 aliphatic heterocycles. The van der Waals surface area contributed by atoms with Gasteiger partial charge in [0.15, 0.2) is 0 Å². The summed E-state index contributed by atoms with van der Waals surface area (Å²) in [5.41, 5.74) is 1.28. The fourth-order valence-electron chi connectivity index (χ4n) is 1.57. The third kappa shape index (κ3) is 2.30. The van der Waals surface area contributed by atoms with E-state index in [1.54, 1.807) is 30.3 Å². The molecule has 0 spiro atoms. The first-order valence-electron chi connectivity index (χ1n) is 6.03. The molecule has 0 aliphatic rings. The summed E-state index contributed by atoms with van der Waals surface area (Å²) in [5, 5.41) is 0. The number of para-hydroxylation sites is 1. The summed E-state index contributed by atoms with van der Waals surface area (Å²) in [4.78, 5) is 28.0. The molecule has 2 rings (SSSR count). The molecule has 2 aromatic carbocycles. The fraction of sp³-hybridized carbons (Fsp3) is 0. The number of nitrogens with zero attached hydrogens (tertiary/aromatic N) is 2. The number of benzene rings is 2. The summed E-state index contributed by atoms with van der Waals surface area (Å²) in [5.74, 6) is 0. The molecule has 0 heterocycles. The summed E-state index contributed by atoms with van der Waals surface area (Å²) < 4.78 is 15.1. The molecule has 2 aromatic rings. The Kier molecular flexibility index (Phi) is 2.83. The SMILES string of the molecule is [2H]c1ccc(-c2ccc([2H])c(N=C=O)c2N=C=O)cc1. The highest BCUT2D eigenvalue weighted by atomic mass is 16.1. The van der Waals surface area contributed by atoms with Gasteiger partial charge in [0.1, 0.15) is 11.4 Å². The molecule has 0 saturated heterocycles. The average molecular weight is 238 g/mol. The van der Waals surface area contributed by atoms with Gasteiger partial charge in [-0.25, -0.2) is 9.59 Å². The Hall–Kier alpha value is -2.80. The maximum Gasteiger partial charge on any atom is 0.240 e.